The van der Waals surface area contributed by atoms with E-state index in [-0.39, 0.29) is 6.04 Å². The van der Waals surface area contributed by atoms with Crippen LogP contribution < -0.4 is 5.32 Å². The van der Waals surface area contributed by atoms with E-state index in [1.165, 1.54) is 12.1 Å². The average molecular weight is 281 g/mol. The summed E-state index contributed by atoms with van der Waals surface area (Å²) in [6, 6.07) is 4.19. The molecule has 0 aromatic heterocycles. The number of hydrogen-bond donors (Lipinski definition) is 1. The van der Waals surface area contributed by atoms with Gasteiger partial charge in [0.2, 0.25) is 5.82 Å². The van der Waals surface area contributed by atoms with E-state index in [2.05, 4.69) is 24.2 Å². The van der Waals surface area contributed by atoms with Gasteiger partial charge in [0, 0.05) is 23.9 Å². The topological polar surface area (TPSA) is 58.4 Å². The highest BCUT2D eigenvalue weighted by atomic mass is 19.1. The first-order valence-corrected chi connectivity index (χ1v) is 6.86. The molecule has 1 fully saturated rings. The number of nitrogens with zero attached hydrogens (tertiary/aromatic N) is 2. The summed E-state index contributed by atoms with van der Waals surface area (Å²) in [7, 11) is 2.11. The van der Waals surface area contributed by atoms with Gasteiger partial charge in [-0.15, -0.1) is 0 Å². The molecule has 0 saturated carbocycles. The van der Waals surface area contributed by atoms with Gasteiger partial charge in [-0.1, -0.05) is 0 Å². The summed E-state index contributed by atoms with van der Waals surface area (Å²) in [5, 5.41) is 13.8. The van der Waals surface area contributed by atoms with Crippen molar-refractivity contribution in [1.82, 2.24) is 4.90 Å². The second-order valence-corrected chi connectivity index (χ2v) is 5.50. The number of halogens is 1. The van der Waals surface area contributed by atoms with Crippen LogP contribution >= 0.6 is 0 Å². The third kappa shape index (κ3) is 3.45. The molecule has 1 saturated heterocycles. The molecule has 0 aliphatic carbocycles. The number of rotatable bonds is 4. The van der Waals surface area contributed by atoms with Gasteiger partial charge in [-0.2, -0.15) is 4.39 Å². The number of nitro benzene ring substituents is 1. The Morgan fingerprint density at radius 1 is 1.45 bits per heavy atom. The zero-order chi connectivity index (χ0) is 14.7. The summed E-state index contributed by atoms with van der Waals surface area (Å²) in [4.78, 5) is 12.2. The maximum atomic E-state index is 13.6. The Bertz CT molecular complexity index is 487. The Labute approximate surface area is 117 Å². The lowest BCUT2D eigenvalue weighted by atomic mass is 9.90. The summed E-state index contributed by atoms with van der Waals surface area (Å²) < 4.78 is 13.6. The normalized spacial score (nSPS) is 18.8. The van der Waals surface area contributed by atoms with Gasteiger partial charge in [0.15, 0.2) is 0 Å². The predicted octanol–water partition coefficient (Wildman–Crippen LogP) is 2.88. The Morgan fingerprint density at radius 3 is 2.65 bits per heavy atom. The number of nitrogens with one attached hydrogen (secondary N) is 1. The first kappa shape index (κ1) is 14.7. The zero-order valence-electron chi connectivity index (χ0n) is 11.8. The minimum Gasteiger partial charge on any atom is -0.382 e. The summed E-state index contributed by atoms with van der Waals surface area (Å²) >= 11 is 0. The Hall–Kier alpha value is -1.69. The molecule has 1 atom stereocenters. The summed E-state index contributed by atoms with van der Waals surface area (Å²) in [6.45, 7) is 4.23. The smallest absolute Gasteiger partial charge is 0.304 e. The average Bonchev–Trinajstić information content (AvgIpc) is 2.39. The second-order valence-electron chi connectivity index (χ2n) is 5.50. The van der Waals surface area contributed by atoms with Crippen LogP contribution in [0.4, 0.5) is 15.8 Å². The van der Waals surface area contributed by atoms with Crippen molar-refractivity contribution in [3.8, 4) is 0 Å². The van der Waals surface area contributed by atoms with Gasteiger partial charge >= 0.3 is 5.69 Å². The molecule has 1 N–H and O–H groups in total. The van der Waals surface area contributed by atoms with Crippen LogP contribution in [0.25, 0.3) is 0 Å². The summed E-state index contributed by atoms with van der Waals surface area (Å²) in [5.74, 6) is -0.250. The lowest BCUT2D eigenvalue weighted by Gasteiger charge is -2.33. The molecule has 1 unspecified atom stereocenters. The van der Waals surface area contributed by atoms with Crippen LogP contribution in [-0.2, 0) is 0 Å². The van der Waals surface area contributed by atoms with Gasteiger partial charge in [-0.05, 0) is 51.9 Å². The fraction of sp³-hybridized carbons (Fsp3) is 0.571. The van der Waals surface area contributed by atoms with E-state index in [0.717, 1.165) is 25.9 Å². The molecule has 1 heterocycles. The van der Waals surface area contributed by atoms with Gasteiger partial charge in [0.1, 0.15) is 0 Å². The summed E-state index contributed by atoms with van der Waals surface area (Å²) in [5.41, 5.74) is 0.113. The fourth-order valence-corrected chi connectivity index (χ4v) is 2.65. The largest absolute Gasteiger partial charge is 0.382 e. The van der Waals surface area contributed by atoms with Gasteiger partial charge < -0.3 is 10.2 Å². The molecule has 1 aromatic carbocycles. The van der Waals surface area contributed by atoms with Gasteiger partial charge in [-0.25, -0.2) is 0 Å². The standard InChI is InChI=1S/C14H20FN3O2/c1-10(11-5-7-17(2)8-6-11)16-12-3-4-14(18(19)20)13(15)9-12/h3-4,9-11,16H,5-8H2,1-2H3. The predicted molar refractivity (Wildman–Crippen MR) is 76.4 cm³/mol. The second kappa shape index (κ2) is 6.17. The number of piperidine rings is 1. The van der Waals surface area contributed by atoms with Gasteiger partial charge in [-0.3, -0.25) is 10.1 Å². The van der Waals surface area contributed by atoms with Crippen molar-refractivity contribution >= 4 is 11.4 Å². The van der Waals surface area contributed by atoms with E-state index < -0.39 is 16.4 Å². The van der Waals surface area contributed by atoms with Crippen LogP contribution in [0.5, 0.6) is 0 Å². The molecule has 0 spiro atoms. The van der Waals surface area contributed by atoms with Crippen LogP contribution in [0.2, 0.25) is 0 Å². The molecule has 0 bridgehead atoms. The van der Waals surface area contributed by atoms with Crippen molar-refractivity contribution in [2.75, 3.05) is 25.5 Å². The van der Waals surface area contributed by atoms with E-state index in [4.69, 9.17) is 0 Å². The molecule has 6 heteroatoms. The molecule has 5 nitrogen and oxygen atoms in total. The number of anilines is 1. The van der Waals surface area contributed by atoms with Crippen molar-refractivity contribution in [3.05, 3.63) is 34.1 Å². The Balaban J connectivity index is 1.99. The lowest BCUT2D eigenvalue weighted by Crippen LogP contribution is -2.37. The third-order valence-corrected chi connectivity index (χ3v) is 4.01. The first-order valence-electron chi connectivity index (χ1n) is 6.86. The molecular weight excluding hydrogens is 261 g/mol. The van der Waals surface area contributed by atoms with Crippen molar-refractivity contribution < 1.29 is 9.31 Å². The van der Waals surface area contributed by atoms with Crippen molar-refractivity contribution in [2.24, 2.45) is 5.92 Å². The highest BCUT2D eigenvalue weighted by Crippen LogP contribution is 2.25. The molecule has 20 heavy (non-hydrogen) atoms. The first-order chi connectivity index (χ1) is 9.47. The number of hydrogen-bond acceptors (Lipinski definition) is 4. The van der Waals surface area contributed by atoms with Gasteiger partial charge in [0.05, 0.1) is 4.92 Å². The fourth-order valence-electron chi connectivity index (χ4n) is 2.65. The number of nitro groups is 1. The molecule has 1 aliphatic rings. The highest BCUT2D eigenvalue weighted by molar-refractivity contribution is 5.50. The Morgan fingerprint density at radius 2 is 2.10 bits per heavy atom. The molecule has 110 valence electrons. The minimum absolute atomic E-state index is 0.226. The number of benzene rings is 1. The van der Waals surface area contributed by atoms with E-state index in [1.807, 2.05) is 0 Å². The van der Waals surface area contributed by atoms with E-state index in [1.54, 1.807) is 6.07 Å². The van der Waals surface area contributed by atoms with E-state index in [9.17, 15) is 14.5 Å². The van der Waals surface area contributed by atoms with Gasteiger partial charge in [0.25, 0.3) is 0 Å². The molecule has 0 amide bonds. The Kier molecular flexibility index (Phi) is 4.54. The number of likely N-dealkylation sites (tertiary alicyclic amines) is 1. The van der Waals surface area contributed by atoms with Crippen molar-refractivity contribution in [3.63, 3.8) is 0 Å². The van der Waals surface area contributed by atoms with Crippen molar-refractivity contribution in [2.45, 2.75) is 25.8 Å². The highest BCUT2D eigenvalue weighted by Gasteiger charge is 2.22. The van der Waals surface area contributed by atoms with Crippen LogP contribution in [-0.4, -0.2) is 36.0 Å². The van der Waals surface area contributed by atoms with Crippen LogP contribution in [0, 0.1) is 21.8 Å². The van der Waals surface area contributed by atoms with Crippen LogP contribution in [0.1, 0.15) is 19.8 Å². The van der Waals surface area contributed by atoms with E-state index in [0.29, 0.717) is 11.6 Å². The molecule has 0 radical (unpaired) electrons. The van der Waals surface area contributed by atoms with Crippen LogP contribution in [0.3, 0.4) is 0 Å². The molecule has 1 aliphatic heterocycles. The minimum atomic E-state index is -0.796. The van der Waals surface area contributed by atoms with Crippen molar-refractivity contribution in [1.29, 1.82) is 0 Å². The lowest BCUT2D eigenvalue weighted by molar-refractivity contribution is -0.387. The molecule has 1 aromatic rings. The quantitative estimate of drug-likeness (QED) is 0.681. The molecule has 2 rings (SSSR count). The SMILES string of the molecule is CC(Nc1ccc([N+](=O)[O-])c(F)c1)C1CCN(C)CC1. The maximum absolute atomic E-state index is 13.6. The molecular formula is C14H20FN3O2. The maximum Gasteiger partial charge on any atom is 0.304 e. The van der Waals surface area contributed by atoms with E-state index >= 15 is 0 Å². The zero-order valence-corrected chi connectivity index (χ0v) is 11.8. The summed E-state index contributed by atoms with van der Waals surface area (Å²) in [6.07, 6.45) is 2.22. The monoisotopic (exact) mass is 281 g/mol. The van der Waals surface area contributed by atoms with Crippen LogP contribution in [0.15, 0.2) is 18.2 Å². The third-order valence-electron chi connectivity index (χ3n) is 4.01.